The van der Waals surface area contributed by atoms with Gasteiger partial charge in [-0.05, 0) is 31.4 Å². The molecule has 0 aromatic heterocycles. The van der Waals surface area contributed by atoms with Gasteiger partial charge >= 0.3 is 0 Å². The molecule has 0 bridgehead atoms. The molecule has 1 heterocycles. The normalized spacial score (nSPS) is 16.9. The van der Waals surface area contributed by atoms with Crippen LogP contribution in [0.1, 0.15) is 18.4 Å². The number of rotatable bonds is 7. The number of nitrogens with zero attached hydrogens (tertiary/aromatic N) is 2. The summed E-state index contributed by atoms with van der Waals surface area (Å²) in [5.74, 6) is 0.489. The molecule has 5 nitrogen and oxygen atoms in total. The van der Waals surface area contributed by atoms with Crippen LogP contribution >= 0.6 is 11.6 Å². The molecule has 0 atom stereocenters. The van der Waals surface area contributed by atoms with Gasteiger partial charge in [0.2, 0.25) is 0 Å². The molecule has 0 spiro atoms. The molecule has 7 heteroatoms. The van der Waals surface area contributed by atoms with E-state index in [1.165, 1.54) is 6.07 Å². The fourth-order valence-corrected chi connectivity index (χ4v) is 3.24. The molecule has 1 aliphatic rings. The predicted octanol–water partition coefficient (Wildman–Crippen LogP) is 2.30. The average molecular weight is 371 g/mol. The van der Waals surface area contributed by atoms with E-state index in [1.54, 1.807) is 26.3 Å². The highest BCUT2D eigenvalue weighted by Crippen LogP contribution is 2.19. The van der Waals surface area contributed by atoms with Crippen LogP contribution in [-0.4, -0.2) is 63.8 Å². The van der Waals surface area contributed by atoms with E-state index in [-0.39, 0.29) is 5.82 Å². The maximum Gasteiger partial charge on any atom is 0.191 e. The van der Waals surface area contributed by atoms with Crippen LogP contribution in [0.4, 0.5) is 4.39 Å². The van der Waals surface area contributed by atoms with Crippen molar-refractivity contribution in [2.45, 2.75) is 25.3 Å². The van der Waals surface area contributed by atoms with Crippen molar-refractivity contribution in [3.8, 4) is 0 Å². The first-order valence-electron chi connectivity index (χ1n) is 8.75. The molecule has 0 amide bonds. The van der Waals surface area contributed by atoms with E-state index in [0.717, 1.165) is 45.0 Å². The largest absolute Gasteiger partial charge is 0.383 e. The first kappa shape index (κ1) is 19.9. The molecule has 2 N–H and O–H groups in total. The van der Waals surface area contributed by atoms with Crippen molar-refractivity contribution in [1.29, 1.82) is 0 Å². The van der Waals surface area contributed by atoms with Crippen molar-refractivity contribution in [1.82, 2.24) is 15.5 Å². The highest BCUT2D eigenvalue weighted by atomic mass is 35.5. The fourth-order valence-electron chi connectivity index (χ4n) is 2.99. The van der Waals surface area contributed by atoms with Crippen LogP contribution in [0.25, 0.3) is 0 Å². The van der Waals surface area contributed by atoms with Gasteiger partial charge in [0.15, 0.2) is 5.96 Å². The van der Waals surface area contributed by atoms with Gasteiger partial charge in [0.05, 0.1) is 6.61 Å². The highest BCUT2D eigenvalue weighted by molar-refractivity contribution is 6.31. The Morgan fingerprint density at radius 1 is 1.40 bits per heavy atom. The number of likely N-dealkylation sites (tertiary alicyclic amines) is 1. The smallest absolute Gasteiger partial charge is 0.191 e. The summed E-state index contributed by atoms with van der Waals surface area (Å²) in [6.07, 6.45) is 2.66. The zero-order valence-electron chi connectivity index (χ0n) is 15.0. The lowest BCUT2D eigenvalue weighted by Crippen LogP contribution is -2.49. The SMILES string of the molecule is CN=C(NCCc1c(F)cccc1Cl)NC1CCN(CCOC)CC1. The summed E-state index contributed by atoms with van der Waals surface area (Å²) in [6.45, 7) is 4.46. The monoisotopic (exact) mass is 370 g/mol. The minimum Gasteiger partial charge on any atom is -0.383 e. The summed E-state index contributed by atoms with van der Waals surface area (Å²) < 4.78 is 18.9. The Bertz CT molecular complexity index is 542. The number of hydrogen-bond donors (Lipinski definition) is 2. The van der Waals surface area contributed by atoms with Gasteiger partial charge in [0.25, 0.3) is 0 Å². The van der Waals surface area contributed by atoms with Crippen molar-refractivity contribution in [3.05, 3.63) is 34.6 Å². The van der Waals surface area contributed by atoms with Crippen molar-refractivity contribution >= 4 is 17.6 Å². The summed E-state index contributed by atoms with van der Waals surface area (Å²) in [5, 5.41) is 7.16. The quantitative estimate of drug-likeness (QED) is 0.571. The molecule has 0 saturated carbocycles. The van der Waals surface area contributed by atoms with Crippen molar-refractivity contribution in [2.24, 2.45) is 4.99 Å². The molecule has 1 aromatic rings. The van der Waals surface area contributed by atoms with E-state index in [9.17, 15) is 4.39 Å². The third kappa shape index (κ3) is 6.45. The van der Waals surface area contributed by atoms with Gasteiger partial charge in [-0.3, -0.25) is 4.99 Å². The maximum atomic E-state index is 13.8. The lowest BCUT2D eigenvalue weighted by atomic mass is 10.1. The molecule has 1 aromatic carbocycles. The Kier molecular flexibility index (Phi) is 8.44. The minimum absolute atomic E-state index is 0.263. The number of piperidine rings is 1. The van der Waals surface area contributed by atoms with Crippen molar-refractivity contribution in [3.63, 3.8) is 0 Å². The number of aliphatic imine (C=N–C) groups is 1. The Labute approximate surface area is 154 Å². The molecule has 1 aliphatic heterocycles. The molecular formula is C18H28ClFN4O. The molecule has 140 valence electrons. The van der Waals surface area contributed by atoms with Crippen LogP contribution in [0, 0.1) is 5.82 Å². The Hall–Kier alpha value is -1.37. The van der Waals surface area contributed by atoms with Crippen LogP contribution in [0.5, 0.6) is 0 Å². The average Bonchev–Trinajstić information content (AvgIpc) is 2.62. The van der Waals surface area contributed by atoms with Gasteiger partial charge in [-0.1, -0.05) is 17.7 Å². The van der Waals surface area contributed by atoms with Gasteiger partial charge in [-0.25, -0.2) is 4.39 Å². The highest BCUT2D eigenvalue weighted by Gasteiger charge is 2.19. The van der Waals surface area contributed by atoms with E-state index >= 15 is 0 Å². The molecule has 1 fully saturated rings. The first-order valence-corrected chi connectivity index (χ1v) is 9.13. The molecule has 25 heavy (non-hydrogen) atoms. The number of benzene rings is 1. The van der Waals surface area contributed by atoms with Gasteiger partial charge in [0.1, 0.15) is 5.82 Å². The van der Waals surface area contributed by atoms with Gasteiger partial charge in [0, 0.05) is 57.0 Å². The van der Waals surface area contributed by atoms with Crippen LogP contribution in [-0.2, 0) is 11.2 Å². The summed E-state index contributed by atoms with van der Waals surface area (Å²) >= 11 is 6.06. The second-order valence-electron chi connectivity index (χ2n) is 6.20. The minimum atomic E-state index is -0.263. The van der Waals surface area contributed by atoms with Gasteiger partial charge < -0.3 is 20.3 Å². The molecule has 0 aliphatic carbocycles. The van der Waals surface area contributed by atoms with E-state index in [1.807, 2.05) is 0 Å². The number of guanidine groups is 1. The topological polar surface area (TPSA) is 48.9 Å². The van der Waals surface area contributed by atoms with Gasteiger partial charge in [-0.2, -0.15) is 0 Å². The molecule has 2 rings (SSSR count). The Balaban J connectivity index is 1.73. The first-order chi connectivity index (χ1) is 12.1. The number of halogens is 2. The summed E-state index contributed by atoms with van der Waals surface area (Å²) in [7, 11) is 3.48. The lowest BCUT2D eigenvalue weighted by Gasteiger charge is -2.32. The van der Waals surface area contributed by atoms with E-state index in [4.69, 9.17) is 16.3 Å². The zero-order valence-corrected chi connectivity index (χ0v) is 15.8. The predicted molar refractivity (Wildman–Crippen MR) is 101 cm³/mol. The standard InChI is InChI=1S/C18H28ClFN4O/c1-21-18(22-9-6-15-16(19)4-3-5-17(15)20)23-14-7-10-24(11-8-14)12-13-25-2/h3-5,14H,6-13H2,1-2H3,(H2,21,22,23). The molecule has 1 saturated heterocycles. The van der Waals surface area contributed by atoms with Crippen LogP contribution in [0.3, 0.4) is 0 Å². The van der Waals surface area contributed by atoms with Crippen molar-refractivity contribution in [2.75, 3.05) is 46.9 Å². The summed E-state index contributed by atoms with van der Waals surface area (Å²) in [6, 6.07) is 5.17. The molecule has 0 radical (unpaired) electrons. The van der Waals surface area contributed by atoms with E-state index in [0.29, 0.717) is 29.6 Å². The third-order valence-electron chi connectivity index (χ3n) is 4.49. The lowest BCUT2D eigenvalue weighted by molar-refractivity contribution is 0.128. The number of ether oxygens (including phenoxy) is 1. The summed E-state index contributed by atoms with van der Waals surface area (Å²) in [5.41, 5.74) is 0.540. The number of nitrogens with one attached hydrogen (secondary N) is 2. The van der Waals surface area contributed by atoms with Crippen LogP contribution in [0.15, 0.2) is 23.2 Å². The second-order valence-corrected chi connectivity index (χ2v) is 6.61. The van der Waals surface area contributed by atoms with Crippen molar-refractivity contribution < 1.29 is 9.13 Å². The second kappa shape index (κ2) is 10.6. The number of hydrogen-bond acceptors (Lipinski definition) is 3. The van der Waals surface area contributed by atoms with Crippen LogP contribution < -0.4 is 10.6 Å². The maximum absolute atomic E-state index is 13.8. The fraction of sp³-hybridized carbons (Fsp3) is 0.611. The Morgan fingerprint density at radius 3 is 2.80 bits per heavy atom. The zero-order chi connectivity index (χ0) is 18.1. The molecule has 0 unspecified atom stereocenters. The van der Waals surface area contributed by atoms with E-state index in [2.05, 4.69) is 20.5 Å². The third-order valence-corrected chi connectivity index (χ3v) is 4.85. The van der Waals surface area contributed by atoms with Gasteiger partial charge in [-0.15, -0.1) is 0 Å². The molecular weight excluding hydrogens is 343 g/mol. The van der Waals surface area contributed by atoms with Crippen LogP contribution in [0.2, 0.25) is 5.02 Å². The Morgan fingerprint density at radius 2 is 2.16 bits per heavy atom. The summed E-state index contributed by atoms with van der Waals surface area (Å²) in [4.78, 5) is 6.68. The van der Waals surface area contributed by atoms with E-state index < -0.39 is 0 Å². The number of methoxy groups -OCH3 is 1.